The molecule has 1 aromatic rings. The van der Waals surface area contributed by atoms with Crippen molar-refractivity contribution in [1.29, 1.82) is 0 Å². The van der Waals surface area contributed by atoms with Crippen LogP contribution in [0.2, 0.25) is 0 Å². The summed E-state index contributed by atoms with van der Waals surface area (Å²) in [4.78, 5) is 0. The van der Waals surface area contributed by atoms with E-state index in [-0.39, 0.29) is 6.04 Å². The van der Waals surface area contributed by atoms with Crippen molar-refractivity contribution in [3.8, 4) is 11.5 Å². The number of methoxy groups -OCH3 is 2. The van der Waals surface area contributed by atoms with Gasteiger partial charge in [0.1, 0.15) is 0 Å². The largest absolute Gasteiger partial charge is 0.493 e. The normalized spacial score (nSPS) is 18.4. The predicted molar refractivity (Wildman–Crippen MR) is 73.0 cm³/mol. The molecular weight excluding hydrogens is 226 g/mol. The molecule has 1 atom stereocenters. The first-order chi connectivity index (χ1) is 8.77. The Kier molecular flexibility index (Phi) is 4.48. The van der Waals surface area contributed by atoms with Crippen molar-refractivity contribution in [3.05, 3.63) is 23.8 Å². The highest BCUT2D eigenvalue weighted by Gasteiger charge is 2.25. The van der Waals surface area contributed by atoms with Crippen LogP contribution >= 0.6 is 0 Å². The van der Waals surface area contributed by atoms with E-state index in [1.807, 2.05) is 12.1 Å². The standard InChI is InChI=1S/C15H23NO2/c1-17-13-10-6-9-12(15(13)18-2)14(16)11-7-4-3-5-8-11/h6,9-11,14H,3-5,7-8,16H2,1-2H3/t14-/m1/s1. The summed E-state index contributed by atoms with van der Waals surface area (Å²) in [7, 11) is 3.34. The van der Waals surface area contributed by atoms with Crippen LogP contribution in [0.3, 0.4) is 0 Å². The Morgan fingerprint density at radius 3 is 2.44 bits per heavy atom. The molecule has 18 heavy (non-hydrogen) atoms. The van der Waals surface area contributed by atoms with Crippen LogP contribution in [0.1, 0.15) is 43.7 Å². The van der Waals surface area contributed by atoms with Crippen LogP contribution in [-0.2, 0) is 0 Å². The van der Waals surface area contributed by atoms with Crippen LogP contribution in [0.15, 0.2) is 18.2 Å². The summed E-state index contributed by atoms with van der Waals surface area (Å²) >= 11 is 0. The van der Waals surface area contributed by atoms with Gasteiger partial charge in [-0.05, 0) is 24.8 Å². The molecule has 3 nitrogen and oxygen atoms in total. The Morgan fingerprint density at radius 1 is 1.11 bits per heavy atom. The molecule has 100 valence electrons. The summed E-state index contributed by atoms with van der Waals surface area (Å²) in [5.74, 6) is 2.12. The Labute approximate surface area is 109 Å². The Hall–Kier alpha value is -1.22. The maximum Gasteiger partial charge on any atom is 0.165 e. The van der Waals surface area contributed by atoms with Crippen LogP contribution < -0.4 is 15.2 Å². The van der Waals surface area contributed by atoms with Crippen LogP contribution in [0.4, 0.5) is 0 Å². The average Bonchev–Trinajstić information content (AvgIpc) is 2.46. The van der Waals surface area contributed by atoms with Gasteiger partial charge in [0.05, 0.1) is 14.2 Å². The lowest BCUT2D eigenvalue weighted by atomic mass is 9.81. The monoisotopic (exact) mass is 249 g/mol. The highest BCUT2D eigenvalue weighted by atomic mass is 16.5. The van der Waals surface area contributed by atoms with Crippen molar-refractivity contribution in [1.82, 2.24) is 0 Å². The lowest BCUT2D eigenvalue weighted by Crippen LogP contribution is -2.24. The Morgan fingerprint density at radius 2 is 1.83 bits per heavy atom. The van der Waals surface area contributed by atoms with Gasteiger partial charge >= 0.3 is 0 Å². The van der Waals surface area contributed by atoms with Gasteiger partial charge in [-0.1, -0.05) is 31.4 Å². The third-order valence-electron chi connectivity index (χ3n) is 3.95. The lowest BCUT2D eigenvalue weighted by Gasteiger charge is -2.29. The maximum absolute atomic E-state index is 6.43. The summed E-state index contributed by atoms with van der Waals surface area (Å²) < 4.78 is 10.8. The summed E-state index contributed by atoms with van der Waals surface area (Å²) in [5.41, 5.74) is 7.51. The van der Waals surface area contributed by atoms with Gasteiger partial charge in [-0.3, -0.25) is 0 Å². The first-order valence-corrected chi connectivity index (χ1v) is 6.74. The highest BCUT2D eigenvalue weighted by molar-refractivity contribution is 5.48. The van der Waals surface area contributed by atoms with E-state index >= 15 is 0 Å². The predicted octanol–water partition coefficient (Wildman–Crippen LogP) is 3.28. The Bertz CT molecular complexity index is 386. The minimum absolute atomic E-state index is 0.0512. The first kappa shape index (κ1) is 13.2. The van der Waals surface area contributed by atoms with E-state index in [0.29, 0.717) is 5.92 Å². The van der Waals surface area contributed by atoms with Gasteiger partial charge in [0.2, 0.25) is 0 Å². The molecule has 0 aliphatic heterocycles. The van der Waals surface area contributed by atoms with E-state index in [4.69, 9.17) is 15.2 Å². The van der Waals surface area contributed by atoms with Gasteiger partial charge < -0.3 is 15.2 Å². The minimum Gasteiger partial charge on any atom is -0.493 e. The molecule has 1 aromatic carbocycles. The third kappa shape index (κ3) is 2.61. The first-order valence-electron chi connectivity index (χ1n) is 6.74. The Balaban J connectivity index is 2.25. The van der Waals surface area contributed by atoms with Crippen molar-refractivity contribution in [2.24, 2.45) is 11.7 Å². The molecule has 1 saturated carbocycles. The summed E-state index contributed by atoms with van der Waals surface area (Å²) in [6, 6.07) is 6.01. The van der Waals surface area contributed by atoms with E-state index in [1.54, 1.807) is 14.2 Å². The molecule has 0 amide bonds. The summed E-state index contributed by atoms with van der Waals surface area (Å²) in [5, 5.41) is 0. The molecule has 1 fully saturated rings. The van der Waals surface area contributed by atoms with E-state index in [2.05, 4.69) is 6.07 Å². The average molecular weight is 249 g/mol. The van der Waals surface area contributed by atoms with Gasteiger partial charge in [0.15, 0.2) is 11.5 Å². The maximum atomic E-state index is 6.43. The number of ether oxygens (including phenoxy) is 2. The molecule has 1 aliphatic rings. The summed E-state index contributed by atoms with van der Waals surface area (Å²) in [6.45, 7) is 0. The minimum atomic E-state index is 0.0512. The summed E-state index contributed by atoms with van der Waals surface area (Å²) in [6.07, 6.45) is 6.39. The zero-order valence-corrected chi connectivity index (χ0v) is 11.3. The quantitative estimate of drug-likeness (QED) is 0.890. The topological polar surface area (TPSA) is 44.5 Å². The second-order valence-corrected chi connectivity index (χ2v) is 5.01. The van der Waals surface area contributed by atoms with Crippen molar-refractivity contribution < 1.29 is 9.47 Å². The smallest absolute Gasteiger partial charge is 0.165 e. The van der Waals surface area contributed by atoms with Crippen molar-refractivity contribution >= 4 is 0 Å². The van der Waals surface area contributed by atoms with Crippen LogP contribution in [0.25, 0.3) is 0 Å². The molecular formula is C15H23NO2. The molecule has 1 aliphatic carbocycles. The van der Waals surface area contributed by atoms with Crippen LogP contribution in [0, 0.1) is 5.92 Å². The molecule has 0 spiro atoms. The molecule has 3 heteroatoms. The van der Waals surface area contributed by atoms with Gasteiger partial charge in [-0.25, -0.2) is 0 Å². The SMILES string of the molecule is COc1cccc([C@H](N)C2CCCCC2)c1OC. The number of rotatable bonds is 4. The van der Waals surface area contributed by atoms with Crippen molar-refractivity contribution in [2.45, 2.75) is 38.1 Å². The van der Waals surface area contributed by atoms with Gasteiger partial charge in [-0.15, -0.1) is 0 Å². The molecule has 2 N–H and O–H groups in total. The number of nitrogens with two attached hydrogens (primary N) is 1. The molecule has 0 aromatic heterocycles. The van der Waals surface area contributed by atoms with Gasteiger partial charge in [0.25, 0.3) is 0 Å². The lowest BCUT2D eigenvalue weighted by molar-refractivity contribution is 0.296. The van der Waals surface area contributed by atoms with E-state index < -0.39 is 0 Å². The van der Waals surface area contributed by atoms with Gasteiger partial charge in [-0.2, -0.15) is 0 Å². The molecule has 0 radical (unpaired) electrons. The van der Waals surface area contributed by atoms with Crippen LogP contribution in [-0.4, -0.2) is 14.2 Å². The number of hydrogen-bond donors (Lipinski definition) is 1. The molecule has 2 rings (SSSR count). The number of benzene rings is 1. The fraction of sp³-hybridized carbons (Fsp3) is 0.600. The zero-order chi connectivity index (χ0) is 13.0. The number of hydrogen-bond acceptors (Lipinski definition) is 3. The third-order valence-corrected chi connectivity index (χ3v) is 3.95. The van der Waals surface area contributed by atoms with E-state index in [9.17, 15) is 0 Å². The second kappa shape index (κ2) is 6.10. The van der Waals surface area contributed by atoms with Crippen molar-refractivity contribution in [2.75, 3.05) is 14.2 Å². The van der Waals surface area contributed by atoms with E-state index in [1.165, 1.54) is 32.1 Å². The fourth-order valence-corrected chi connectivity index (χ4v) is 2.92. The molecule has 0 saturated heterocycles. The highest BCUT2D eigenvalue weighted by Crippen LogP contribution is 2.40. The van der Waals surface area contributed by atoms with Crippen LogP contribution in [0.5, 0.6) is 11.5 Å². The molecule has 0 bridgehead atoms. The molecule has 0 unspecified atom stereocenters. The fourth-order valence-electron chi connectivity index (χ4n) is 2.92. The van der Waals surface area contributed by atoms with Gasteiger partial charge in [0, 0.05) is 11.6 Å². The molecule has 0 heterocycles. The number of para-hydroxylation sites is 1. The van der Waals surface area contributed by atoms with Crippen molar-refractivity contribution in [3.63, 3.8) is 0 Å². The second-order valence-electron chi connectivity index (χ2n) is 5.01. The van der Waals surface area contributed by atoms with E-state index in [0.717, 1.165) is 17.1 Å². The zero-order valence-electron chi connectivity index (χ0n) is 11.3.